The van der Waals surface area contributed by atoms with Crippen LogP contribution in [0.1, 0.15) is 12.0 Å². The summed E-state index contributed by atoms with van der Waals surface area (Å²) in [6, 6.07) is 10.4. The van der Waals surface area contributed by atoms with Crippen molar-refractivity contribution in [3.63, 3.8) is 0 Å². The number of benzene rings is 1. The monoisotopic (exact) mass is 485 g/mol. The van der Waals surface area contributed by atoms with E-state index in [4.69, 9.17) is 0 Å². The standard InChI is InChI=1S/C20H31N5O.HI/c1-21-20(22-12-11-19(26)23(2)3)25-16-14-24(15-17-25)13-7-10-18-8-5-4-6-9-18;/h4-10H,11-17H2,1-3H3,(H,21,22);1H/b10-7+;. The lowest BCUT2D eigenvalue weighted by molar-refractivity contribution is -0.128. The van der Waals surface area contributed by atoms with Gasteiger partial charge in [0, 0.05) is 66.8 Å². The molecular formula is C20H32IN5O. The Bertz CT molecular complexity index is 610. The number of hydrogen-bond acceptors (Lipinski definition) is 3. The number of nitrogens with zero attached hydrogens (tertiary/aromatic N) is 4. The maximum absolute atomic E-state index is 11.7. The summed E-state index contributed by atoms with van der Waals surface area (Å²) in [7, 11) is 5.36. The number of aliphatic imine (C=N–C) groups is 1. The molecule has 0 spiro atoms. The van der Waals surface area contributed by atoms with Crippen molar-refractivity contribution in [2.45, 2.75) is 6.42 Å². The van der Waals surface area contributed by atoms with Crippen LogP contribution in [0.5, 0.6) is 0 Å². The molecule has 1 amide bonds. The van der Waals surface area contributed by atoms with Crippen LogP contribution in [-0.4, -0.2) is 87.0 Å². The van der Waals surface area contributed by atoms with Gasteiger partial charge in [-0.1, -0.05) is 42.5 Å². The van der Waals surface area contributed by atoms with Gasteiger partial charge in [-0.25, -0.2) is 0 Å². The van der Waals surface area contributed by atoms with Gasteiger partial charge in [0.2, 0.25) is 5.91 Å². The highest BCUT2D eigenvalue weighted by Gasteiger charge is 2.18. The average Bonchev–Trinajstić information content (AvgIpc) is 2.66. The zero-order valence-corrected chi connectivity index (χ0v) is 18.9. The Hall–Kier alpha value is -1.61. The highest BCUT2D eigenvalue weighted by molar-refractivity contribution is 14.0. The Balaban J connectivity index is 0.00000364. The topological polar surface area (TPSA) is 51.2 Å². The van der Waals surface area contributed by atoms with E-state index in [2.05, 4.69) is 56.5 Å². The number of carbonyl (C=O) groups excluding carboxylic acids is 1. The average molecular weight is 485 g/mol. The Labute approximate surface area is 180 Å². The first-order valence-electron chi connectivity index (χ1n) is 9.20. The molecule has 0 bridgehead atoms. The summed E-state index contributed by atoms with van der Waals surface area (Å²) < 4.78 is 0. The first-order valence-corrected chi connectivity index (χ1v) is 9.20. The second kappa shape index (κ2) is 12.7. The zero-order chi connectivity index (χ0) is 18.8. The van der Waals surface area contributed by atoms with Crippen LogP contribution >= 0.6 is 24.0 Å². The van der Waals surface area contributed by atoms with Gasteiger partial charge in [0.25, 0.3) is 0 Å². The minimum atomic E-state index is 0. The van der Waals surface area contributed by atoms with Crippen LogP contribution in [0.2, 0.25) is 0 Å². The highest BCUT2D eigenvalue weighted by atomic mass is 127. The molecule has 0 saturated carbocycles. The predicted molar refractivity (Wildman–Crippen MR) is 124 cm³/mol. The van der Waals surface area contributed by atoms with E-state index in [1.807, 2.05) is 6.07 Å². The summed E-state index contributed by atoms with van der Waals surface area (Å²) >= 11 is 0. The molecule has 7 heteroatoms. The fourth-order valence-corrected chi connectivity index (χ4v) is 2.88. The van der Waals surface area contributed by atoms with Gasteiger partial charge in [0.1, 0.15) is 0 Å². The molecule has 0 atom stereocenters. The molecule has 150 valence electrons. The zero-order valence-electron chi connectivity index (χ0n) is 16.6. The maximum atomic E-state index is 11.7. The van der Waals surface area contributed by atoms with Crippen molar-refractivity contribution in [1.82, 2.24) is 20.0 Å². The number of piperazine rings is 1. The van der Waals surface area contributed by atoms with Gasteiger partial charge in [-0.3, -0.25) is 14.7 Å². The van der Waals surface area contributed by atoms with E-state index in [0.29, 0.717) is 13.0 Å². The van der Waals surface area contributed by atoms with Crippen LogP contribution in [0.4, 0.5) is 0 Å². The maximum Gasteiger partial charge on any atom is 0.223 e. The van der Waals surface area contributed by atoms with Crippen LogP contribution in [0, 0.1) is 0 Å². The molecule has 1 aromatic rings. The highest BCUT2D eigenvalue weighted by Crippen LogP contribution is 2.05. The van der Waals surface area contributed by atoms with E-state index in [-0.39, 0.29) is 29.9 Å². The van der Waals surface area contributed by atoms with Crippen LogP contribution in [0.3, 0.4) is 0 Å². The molecular weight excluding hydrogens is 453 g/mol. The quantitative estimate of drug-likeness (QED) is 0.381. The van der Waals surface area contributed by atoms with E-state index in [1.165, 1.54) is 5.56 Å². The van der Waals surface area contributed by atoms with E-state index in [0.717, 1.165) is 38.7 Å². The minimum Gasteiger partial charge on any atom is -0.356 e. The largest absolute Gasteiger partial charge is 0.356 e. The summed E-state index contributed by atoms with van der Waals surface area (Å²) in [6.07, 6.45) is 4.88. The van der Waals surface area contributed by atoms with Crippen molar-refractivity contribution in [3.05, 3.63) is 42.0 Å². The predicted octanol–water partition coefficient (Wildman–Crippen LogP) is 1.99. The lowest BCUT2D eigenvalue weighted by Crippen LogP contribution is -2.52. The smallest absolute Gasteiger partial charge is 0.223 e. The molecule has 1 aliphatic rings. The molecule has 27 heavy (non-hydrogen) atoms. The molecule has 1 aromatic carbocycles. The normalized spacial score (nSPS) is 15.5. The third-order valence-corrected chi connectivity index (χ3v) is 4.48. The van der Waals surface area contributed by atoms with Gasteiger partial charge in [-0.15, -0.1) is 24.0 Å². The molecule has 0 radical (unpaired) electrons. The molecule has 2 rings (SSSR count). The van der Waals surface area contributed by atoms with Crippen molar-refractivity contribution in [3.8, 4) is 0 Å². The Kier molecular flexibility index (Phi) is 11.0. The summed E-state index contributed by atoms with van der Waals surface area (Å²) in [5.74, 6) is 1.01. The molecule has 1 N–H and O–H groups in total. The number of amides is 1. The molecule has 0 aromatic heterocycles. The first-order chi connectivity index (χ1) is 12.6. The summed E-state index contributed by atoms with van der Waals surface area (Å²) in [5.41, 5.74) is 1.24. The number of guanidine groups is 1. The Morgan fingerprint density at radius 3 is 2.44 bits per heavy atom. The van der Waals surface area contributed by atoms with E-state index in [9.17, 15) is 4.79 Å². The number of halogens is 1. The SMILES string of the molecule is CN=C(NCCC(=O)N(C)C)N1CCN(C/C=C/c2ccccc2)CC1.I. The molecule has 1 aliphatic heterocycles. The fraction of sp³-hybridized carbons (Fsp3) is 0.500. The van der Waals surface area contributed by atoms with Crippen molar-refractivity contribution >= 4 is 41.9 Å². The molecule has 6 nitrogen and oxygen atoms in total. The Morgan fingerprint density at radius 2 is 1.85 bits per heavy atom. The fourth-order valence-electron chi connectivity index (χ4n) is 2.88. The Morgan fingerprint density at radius 1 is 1.19 bits per heavy atom. The van der Waals surface area contributed by atoms with Gasteiger partial charge in [-0.05, 0) is 5.56 Å². The van der Waals surface area contributed by atoms with Crippen molar-refractivity contribution in [1.29, 1.82) is 0 Å². The molecule has 1 fully saturated rings. The van der Waals surface area contributed by atoms with Crippen LogP contribution < -0.4 is 5.32 Å². The lowest BCUT2D eigenvalue weighted by atomic mass is 10.2. The number of carbonyl (C=O) groups is 1. The summed E-state index contributed by atoms with van der Waals surface area (Å²) in [4.78, 5) is 22.3. The van der Waals surface area contributed by atoms with Crippen LogP contribution in [0.15, 0.2) is 41.4 Å². The minimum absolute atomic E-state index is 0. The first kappa shape index (κ1) is 23.4. The summed E-state index contributed by atoms with van der Waals surface area (Å²) in [6.45, 7) is 5.49. The molecule has 1 saturated heterocycles. The van der Waals surface area contributed by atoms with Crippen molar-refractivity contribution < 1.29 is 4.79 Å². The molecule has 1 heterocycles. The van der Waals surface area contributed by atoms with Gasteiger partial charge in [0.15, 0.2) is 5.96 Å². The third kappa shape index (κ3) is 8.30. The second-order valence-corrected chi connectivity index (χ2v) is 6.61. The van der Waals surface area contributed by atoms with Gasteiger partial charge in [-0.2, -0.15) is 0 Å². The van der Waals surface area contributed by atoms with Gasteiger partial charge >= 0.3 is 0 Å². The van der Waals surface area contributed by atoms with Crippen LogP contribution in [0.25, 0.3) is 6.08 Å². The van der Waals surface area contributed by atoms with Gasteiger partial charge in [0.05, 0.1) is 0 Å². The van der Waals surface area contributed by atoms with Crippen LogP contribution in [-0.2, 0) is 4.79 Å². The molecule has 0 unspecified atom stereocenters. The van der Waals surface area contributed by atoms with E-state index >= 15 is 0 Å². The summed E-state index contributed by atoms with van der Waals surface area (Å²) in [5, 5.41) is 3.30. The van der Waals surface area contributed by atoms with E-state index in [1.54, 1.807) is 26.0 Å². The second-order valence-electron chi connectivity index (χ2n) is 6.61. The van der Waals surface area contributed by atoms with Gasteiger partial charge < -0.3 is 15.1 Å². The lowest BCUT2D eigenvalue weighted by Gasteiger charge is -2.36. The van der Waals surface area contributed by atoms with E-state index < -0.39 is 0 Å². The van der Waals surface area contributed by atoms with Crippen molar-refractivity contribution in [2.75, 3.05) is 60.4 Å². The molecule has 0 aliphatic carbocycles. The number of rotatable bonds is 6. The van der Waals surface area contributed by atoms with Crippen molar-refractivity contribution in [2.24, 2.45) is 4.99 Å². The third-order valence-electron chi connectivity index (χ3n) is 4.48. The number of nitrogens with one attached hydrogen (secondary N) is 1. The number of hydrogen-bond donors (Lipinski definition) is 1.